The Labute approximate surface area is 117 Å². The van der Waals surface area contributed by atoms with Crippen LogP contribution in [0.3, 0.4) is 0 Å². The van der Waals surface area contributed by atoms with Crippen LogP contribution < -0.4 is 18.9 Å². The van der Waals surface area contributed by atoms with Crippen LogP contribution in [0.5, 0.6) is 23.0 Å². The summed E-state index contributed by atoms with van der Waals surface area (Å²) in [5.74, 6) is 2.56. The van der Waals surface area contributed by atoms with Crippen LogP contribution in [-0.4, -0.2) is 21.3 Å². The zero-order valence-corrected chi connectivity index (χ0v) is 11.7. The van der Waals surface area contributed by atoms with Gasteiger partial charge in [-0.05, 0) is 11.1 Å². The first-order chi connectivity index (χ1) is 9.80. The molecule has 0 atom stereocenters. The van der Waals surface area contributed by atoms with E-state index in [0.29, 0.717) is 23.9 Å². The zero-order chi connectivity index (χ0) is 14.1. The van der Waals surface area contributed by atoms with E-state index >= 15 is 0 Å². The first kappa shape index (κ1) is 12.7. The van der Waals surface area contributed by atoms with Crippen molar-refractivity contribution >= 4 is 0 Å². The fraction of sp³-hybridized carbons (Fsp3) is 0.250. The molecule has 0 unspecified atom stereocenters. The van der Waals surface area contributed by atoms with Crippen LogP contribution in [0.2, 0.25) is 0 Å². The molecule has 0 fully saturated rings. The lowest BCUT2D eigenvalue weighted by Crippen LogP contribution is -2.08. The summed E-state index contributed by atoms with van der Waals surface area (Å²) < 4.78 is 22.1. The van der Waals surface area contributed by atoms with E-state index in [0.717, 1.165) is 22.4 Å². The molecule has 104 valence electrons. The normalized spacial score (nSPS) is 11.9. The third kappa shape index (κ3) is 1.76. The molecule has 0 amide bonds. The molecule has 0 spiro atoms. The molecule has 0 radical (unpaired) electrons. The van der Waals surface area contributed by atoms with Crippen molar-refractivity contribution in [3.05, 3.63) is 35.9 Å². The summed E-state index contributed by atoms with van der Waals surface area (Å²) in [5, 5.41) is 0. The maximum Gasteiger partial charge on any atom is 0.204 e. The van der Waals surface area contributed by atoms with Crippen LogP contribution in [-0.2, 0) is 6.61 Å². The first-order valence-corrected chi connectivity index (χ1v) is 6.34. The van der Waals surface area contributed by atoms with Gasteiger partial charge < -0.3 is 18.9 Å². The molecular formula is C16H16O4. The number of ether oxygens (including phenoxy) is 4. The molecular weight excluding hydrogens is 256 g/mol. The Morgan fingerprint density at radius 1 is 0.950 bits per heavy atom. The van der Waals surface area contributed by atoms with Crippen molar-refractivity contribution in [1.82, 2.24) is 0 Å². The second kappa shape index (κ2) is 4.96. The van der Waals surface area contributed by atoms with Crippen molar-refractivity contribution < 1.29 is 18.9 Å². The van der Waals surface area contributed by atoms with Crippen molar-refractivity contribution in [2.75, 3.05) is 21.3 Å². The second-order valence-electron chi connectivity index (χ2n) is 4.46. The van der Waals surface area contributed by atoms with Gasteiger partial charge in [0.25, 0.3) is 0 Å². The second-order valence-corrected chi connectivity index (χ2v) is 4.46. The minimum absolute atomic E-state index is 0.543. The highest BCUT2D eigenvalue weighted by Crippen LogP contribution is 2.52. The van der Waals surface area contributed by atoms with Crippen LogP contribution in [0, 0.1) is 0 Å². The van der Waals surface area contributed by atoms with Crippen LogP contribution in [0.25, 0.3) is 11.1 Å². The van der Waals surface area contributed by atoms with Gasteiger partial charge in [-0.15, -0.1) is 0 Å². The van der Waals surface area contributed by atoms with E-state index in [1.54, 1.807) is 21.3 Å². The Morgan fingerprint density at radius 2 is 1.70 bits per heavy atom. The van der Waals surface area contributed by atoms with Crippen molar-refractivity contribution in [2.24, 2.45) is 0 Å². The molecule has 0 bridgehead atoms. The molecule has 4 nitrogen and oxygen atoms in total. The number of fused-ring (bicyclic) bond motifs is 3. The average molecular weight is 272 g/mol. The summed E-state index contributed by atoms with van der Waals surface area (Å²) >= 11 is 0. The molecule has 1 aliphatic heterocycles. The molecule has 4 heteroatoms. The highest BCUT2D eigenvalue weighted by Gasteiger charge is 2.27. The minimum Gasteiger partial charge on any atom is -0.493 e. The highest BCUT2D eigenvalue weighted by molar-refractivity contribution is 5.85. The van der Waals surface area contributed by atoms with Crippen molar-refractivity contribution in [1.29, 1.82) is 0 Å². The smallest absolute Gasteiger partial charge is 0.204 e. The molecule has 0 aromatic heterocycles. The van der Waals surface area contributed by atoms with E-state index in [4.69, 9.17) is 18.9 Å². The van der Waals surface area contributed by atoms with Gasteiger partial charge >= 0.3 is 0 Å². The Kier molecular flexibility index (Phi) is 3.14. The van der Waals surface area contributed by atoms with Gasteiger partial charge in [-0.2, -0.15) is 0 Å². The lowest BCUT2D eigenvalue weighted by Gasteiger charge is -2.25. The van der Waals surface area contributed by atoms with Gasteiger partial charge in [0.1, 0.15) is 12.4 Å². The molecule has 2 aromatic carbocycles. The van der Waals surface area contributed by atoms with Crippen LogP contribution in [0.4, 0.5) is 0 Å². The third-order valence-corrected chi connectivity index (χ3v) is 3.46. The number of hydrogen-bond acceptors (Lipinski definition) is 4. The largest absolute Gasteiger partial charge is 0.493 e. The predicted octanol–water partition coefficient (Wildman–Crippen LogP) is 3.27. The summed E-state index contributed by atoms with van der Waals surface area (Å²) in [7, 11) is 4.82. The van der Waals surface area contributed by atoms with Crippen LogP contribution >= 0.6 is 0 Å². The first-order valence-electron chi connectivity index (χ1n) is 6.34. The Hall–Kier alpha value is -2.36. The van der Waals surface area contributed by atoms with E-state index in [2.05, 4.69) is 12.1 Å². The van der Waals surface area contributed by atoms with Gasteiger partial charge in [-0.1, -0.05) is 24.3 Å². The van der Waals surface area contributed by atoms with E-state index in [1.165, 1.54) is 0 Å². The number of benzene rings is 2. The van der Waals surface area contributed by atoms with E-state index < -0.39 is 0 Å². The van der Waals surface area contributed by atoms with Crippen molar-refractivity contribution in [3.63, 3.8) is 0 Å². The van der Waals surface area contributed by atoms with E-state index in [-0.39, 0.29) is 0 Å². The number of hydrogen-bond donors (Lipinski definition) is 0. The van der Waals surface area contributed by atoms with Crippen LogP contribution in [0.15, 0.2) is 30.3 Å². The quantitative estimate of drug-likeness (QED) is 0.859. The Bertz CT molecular complexity index is 649. The molecule has 20 heavy (non-hydrogen) atoms. The molecule has 3 rings (SSSR count). The predicted molar refractivity (Wildman–Crippen MR) is 75.9 cm³/mol. The average Bonchev–Trinajstić information content (AvgIpc) is 2.52. The minimum atomic E-state index is 0.543. The van der Waals surface area contributed by atoms with Crippen molar-refractivity contribution in [3.8, 4) is 34.1 Å². The van der Waals surface area contributed by atoms with Crippen LogP contribution in [0.1, 0.15) is 5.56 Å². The zero-order valence-electron chi connectivity index (χ0n) is 11.7. The van der Waals surface area contributed by atoms with Crippen molar-refractivity contribution in [2.45, 2.75) is 6.61 Å². The monoisotopic (exact) mass is 272 g/mol. The van der Waals surface area contributed by atoms with Gasteiger partial charge in [0, 0.05) is 6.07 Å². The molecule has 0 N–H and O–H groups in total. The summed E-state index contributed by atoms with van der Waals surface area (Å²) in [6.45, 7) is 0.543. The van der Waals surface area contributed by atoms with E-state index in [1.807, 2.05) is 18.2 Å². The lowest BCUT2D eigenvalue weighted by atomic mass is 9.95. The van der Waals surface area contributed by atoms with Gasteiger partial charge in [0.15, 0.2) is 11.5 Å². The SMILES string of the molecule is COc1cc2c(c(OC)c1OC)-c1ccccc1CO2. The topological polar surface area (TPSA) is 36.9 Å². The fourth-order valence-electron chi connectivity index (χ4n) is 2.55. The molecule has 1 heterocycles. The molecule has 0 saturated heterocycles. The highest BCUT2D eigenvalue weighted by atomic mass is 16.5. The summed E-state index contributed by atoms with van der Waals surface area (Å²) in [6, 6.07) is 9.96. The molecule has 2 aromatic rings. The third-order valence-electron chi connectivity index (χ3n) is 3.46. The standard InChI is InChI=1S/C16H16O4/c1-17-13-8-12-14(16(19-3)15(13)18-2)11-7-5-4-6-10(11)9-20-12/h4-8H,9H2,1-3H3. The fourth-order valence-corrected chi connectivity index (χ4v) is 2.55. The Balaban J connectivity index is 2.33. The summed E-state index contributed by atoms with van der Waals surface area (Å²) in [4.78, 5) is 0. The molecule has 1 aliphatic rings. The van der Waals surface area contributed by atoms with Gasteiger partial charge in [-0.25, -0.2) is 0 Å². The summed E-state index contributed by atoms with van der Waals surface area (Å²) in [6.07, 6.45) is 0. The number of rotatable bonds is 3. The lowest BCUT2D eigenvalue weighted by molar-refractivity contribution is 0.288. The maximum atomic E-state index is 5.82. The maximum absolute atomic E-state index is 5.82. The Morgan fingerprint density at radius 3 is 2.40 bits per heavy atom. The van der Waals surface area contributed by atoms with Gasteiger partial charge in [-0.3, -0.25) is 0 Å². The van der Waals surface area contributed by atoms with E-state index in [9.17, 15) is 0 Å². The summed E-state index contributed by atoms with van der Waals surface area (Å²) in [5.41, 5.74) is 3.14. The molecule has 0 saturated carbocycles. The molecule has 0 aliphatic carbocycles. The number of methoxy groups -OCH3 is 3. The van der Waals surface area contributed by atoms with Gasteiger partial charge in [0.05, 0.1) is 26.9 Å². The van der Waals surface area contributed by atoms with Gasteiger partial charge in [0.2, 0.25) is 5.75 Å².